The second-order valence-electron chi connectivity index (χ2n) is 2.00. The Balaban J connectivity index is 2.23. The van der Waals surface area contributed by atoms with Crippen molar-refractivity contribution in [2.75, 3.05) is 6.61 Å². The maximum atomic E-state index is 5.34. The molecule has 49 valence electrons. The monoisotopic (exact) mass is 319 g/mol. The Labute approximate surface area is 70.6 Å². The van der Waals surface area contributed by atoms with E-state index in [2.05, 4.69) is 0 Å². The number of hydrogen-bond donors (Lipinski definition) is 0. The van der Waals surface area contributed by atoms with Crippen LogP contribution in [0.4, 0.5) is 0 Å². The molecule has 0 aromatic carbocycles. The van der Waals surface area contributed by atoms with Gasteiger partial charge in [-0.2, -0.15) is 0 Å². The van der Waals surface area contributed by atoms with Crippen molar-refractivity contribution in [3.8, 4) is 0 Å². The van der Waals surface area contributed by atoms with Crippen molar-refractivity contribution in [3.63, 3.8) is 0 Å². The van der Waals surface area contributed by atoms with Crippen LogP contribution in [0.15, 0.2) is 0 Å². The Bertz CT molecular complexity index is 88.3. The zero-order valence-electron chi connectivity index (χ0n) is 5.50. The Morgan fingerprint density at radius 2 is 2.44 bits per heavy atom. The topological polar surface area (TPSA) is 27.7 Å². The molecule has 1 rings (SSSR count). The molecule has 0 aromatic heterocycles. The van der Waals surface area contributed by atoms with Gasteiger partial charge in [-0.3, -0.25) is 0 Å². The Kier molecular flexibility index (Phi) is 3.39. The van der Waals surface area contributed by atoms with Gasteiger partial charge < -0.3 is 0 Å². The third kappa shape index (κ3) is 2.49. The van der Waals surface area contributed by atoms with E-state index >= 15 is 0 Å². The summed E-state index contributed by atoms with van der Waals surface area (Å²) in [6.07, 6.45) is 0.129. The summed E-state index contributed by atoms with van der Waals surface area (Å²) in [4.78, 5) is 9.50. The first-order valence-corrected chi connectivity index (χ1v) is 6.94. The quantitative estimate of drug-likeness (QED) is 0.525. The second-order valence-corrected chi connectivity index (χ2v) is 4.24. The number of hydrogen-bond acceptors (Lipinski definition) is 3. The summed E-state index contributed by atoms with van der Waals surface area (Å²) in [6.45, 7) is 2.45. The number of ether oxygens (including phenoxy) is 1. The van der Waals surface area contributed by atoms with Gasteiger partial charge in [0.05, 0.1) is 0 Å². The molecule has 0 unspecified atom stereocenters. The van der Waals surface area contributed by atoms with Crippen LogP contribution in [0.3, 0.4) is 0 Å². The SMILES string of the molecule is C[C@H]1OOC[C@H]([CH2][Hg])O1. The molecule has 4 heteroatoms. The van der Waals surface area contributed by atoms with Crippen LogP contribution in [0.2, 0.25) is 3.93 Å². The molecule has 0 amide bonds. The average molecular weight is 318 g/mol. The minimum atomic E-state index is -0.174. The zero-order valence-corrected chi connectivity index (χ0v) is 11.0. The van der Waals surface area contributed by atoms with Gasteiger partial charge in [0.25, 0.3) is 0 Å². The molecule has 9 heavy (non-hydrogen) atoms. The summed E-state index contributed by atoms with van der Waals surface area (Å²) < 4.78 is 6.51. The maximum absolute atomic E-state index is 5.34. The summed E-state index contributed by atoms with van der Waals surface area (Å²) in [5.74, 6) is 0. The first kappa shape index (κ1) is 7.92. The molecule has 2 atom stereocenters. The average Bonchev–Trinajstić information content (AvgIpc) is 1.88. The van der Waals surface area contributed by atoms with Crippen molar-refractivity contribution in [2.45, 2.75) is 23.2 Å². The van der Waals surface area contributed by atoms with Crippen LogP contribution in [-0.2, 0) is 40.6 Å². The fourth-order valence-electron chi connectivity index (χ4n) is 0.695. The Morgan fingerprint density at radius 1 is 1.67 bits per heavy atom. The molecular formula is C5H9HgO3. The van der Waals surface area contributed by atoms with Gasteiger partial charge in [0.2, 0.25) is 0 Å². The molecule has 1 fully saturated rings. The Morgan fingerprint density at radius 3 is 2.89 bits per heavy atom. The van der Waals surface area contributed by atoms with E-state index < -0.39 is 0 Å². The molecule has 1 aliphatic heterocycles. The van der Waals surface area contributed by atoms with Gasteiger partial charge in [-0.15, -0.1) is 0 Å². The van der Waals surface area contributed by atoms with Crippen LogP contribution in [0.25, 0.3) is 0 Å². The molecule has 0 radical (unpaired) electrons. The van der Waals surface area contributed by atoms with Gasteiger partial charge in [0, 0.05) is 0 Å². The van der Waals surface area contributed by atoms with E-state index in [-0.39, 0.29) is 6.29 Å². The predicted octanol–water partition coefficient (Wildman–Crippen LogP) is 0.644. The van der Waals surface area contributed by atoms with E-state index in [9.17, 15) is 0 Å². The van der Waals surface area contributed by atoms with Crippen LogP contribution in [0.1, 0.15) is 6.92 Å². The van der Waals surface area contributed by atoms with Crippen molar-refractivity contribution in [2.24, 2.45) is 0 Å². The third-order valence-corrected chi connectivity index (χ3v) is 3.67. The van der Waals surface area contributed by atoms with Crippen molar-refractivity contribution in [1.29, 1.82) is 0 Å². The Hall–Kier alpha value is 0.815. The van der Waals surface area contributed by atoms with Crippen LogP contribution >= 0.6 is 0 Å². The van der Waals surface area contributed by atoms with Crippen molar-refractivity contribution >= 4 is 0 Å². The molecule has 0 spiro atoms. The van der Waals surface area contributed by atoms with E-state index in [1.807, 2.05) is 6.92 Å². The standard InChI is InChI=1S/C5H9O3.Hg/c1-4-3-6-8-5(2)7-4;/h4-5H,1,3H2,2H3;/t4-,5+;/m0./s1. The first-order chi connectivity index (χ1) is 4.33. The molecule has 0 aliphatic carbocycles. The minimum absolute atomic E-state index is 0.174. The van der Waals surface area contributed by atoms with E-state index in [1.165, 1.54) is 3.93 Å². The molecular weight excluding hydrogens is 309 g/mol. The van der Waals surface area contributed by atoms with E-state index in [4.69, 9.17) is 14.5 Å². The van der Waals surface area contributed by atoms with E-state index in [1.54, 1.807) is 0 Å². The normalized spacial score (nSPS) is 36.8. The predicted molar refractivity (Wildman–Crippen MR) is 26.2 cm³/mol. The summed E-state index contributed by atoms with van der Waals surface area (Å²) >= 11 is 0.800. The van der Waals surface area contributed by atoms with Gasteiger partial charge in [0.15, 0.2) is 0 Å². The van der Waals surface area contributed by atoms with Gasteiger partial charge in [-0.1, -0.05) is 0 Å². The second kappa shape index (κ2) is 3.86. The van der Waals surface area contributed by atoms with Gasteiger partial charge in [0.1, 0.15) is 0 Å². The van der Waals surface area contributed by atoms with Gasteiger partial charge >= 0.3 is 70.5 Å². The van der Waals surface area contributed by atoms with Gasteiger partial charge in [-0.25, -0.2) is 0 Å². The number of rotatable bonds is 1. The molecule has 3 nitrogen and oxygen atoms in total. The van der Waals surface area contributed by atoms with Crippen molar-refractivity contribution in [1.82, 2.24) is 0 Å². The van der Waals surface area contributed by atoms with Crippen molar-refractivity contribution in [3.05, 3.63) is 0 Å². The van der Waals surface area contributed by atoms with Crippen LogP contribution in [0, 0.1) is 0 Å². The molecule has 0 bridgehead atoms. The molecule has 1 saturated heterocycles. The zero-order chi connectivity index (χ0) is 6.69. The molecule has 0 aromatic rings. The summed E-state index contributed by atoms with van der Waals surface area (Å²) in [7, 11) is 0. The fraction of sp³-hybridized carbons (Fsp3) is 1.00. The molecule has 0 N–H and O–H groups in total. The summed E-state index contributed by atoms with van der Waals surface area (Å²) in [5, 5.41) is 0. The molecule has 1 aliphatic rings. The summed E-state index contributed by atoms with van der Waals surface area (Å²) in [6, 6.07) is 0. The van der Waals surface area contributed by atoms with Crippen LogP contribution in [0.5, 0.6) is 0 Å². The third-order valence-electron chi connectivity index (χ3n) is 1.16. The summed E-state index contributed by atoms with van der Waals surface area (Å²) in [5.41, 5.74) is 0. The van der Waals surface area contributed by atoms with Gasteiger partial charge in [-0.05, 0) is 0 Å². The van der Waals surface area contributed by atoms with E-state index in [0.29, 0.717) is 12.7 Å². The van der Waals surface area contributed by atoms with Crippen LogP contribution < -0.4 is 0 Å². The molecule has 0 saturated carbocycles. The van der Waals surface area contributed by atoms with Crippen molar-refractivity contribution < 1.29 is 40.6 Å². The first-order valence-electron chi connectivity index (χ1n) is 3.06. The van der Waals surface area contributed by atoms with E-state index in [0.717, 1.165) is 26.1 Å². The van der Waals surface area contributed by atoms with Crippen LogP contribution in [-0.4, -0.2) is 19.0 Å². The molecule has 1 heterocycles. The fourth-order valence-corrected chi connectivity index (χ4v) is 1.87.